The quantitative estimate of drug-likeness (QED) is 0.613. The molecule has 3 aromatic rings. The van der Waals surface area contributed by atoms with Gasteiger partial charge in [0.25, 0.3) is 0 Å². The maximum absolute atomic E-state index is 12.8. The van der Waals surface area contributed by atoms with Crippen molar-refractivity contribution in [3.05, 3.63) is 53.0 Å². The number of nitrogens with zero attached hydrogens (tertiary/aromatic N) is 4. The van der Waals surface area contributed by atoms with Gasteiger partial charge in [0.15, 0.2) is 5.65 Å². The minimum Gasteiger partial charge on any atom is -0.355 e. The molecule has 6 nitrogen and oxygen atoms in total. The van der Waals surface area contributed by atoms with Crippen molar-refractivity contribution >= 4 is 11.6 Å². The Hall–Kier alpha value is -2.73. The third-order valence-corrected chi connectivity index (χ3v) is 6.48. The average molecular weight is 434 g/mol. The molecule has 170 valence electrons. The van der Waals surface area contributed by atoms with Crippen LogP contribution >= 0.6 is 0 Å². The van der Waals surface area contributed by atoms with Crippen LogP contribution in [-0.4, -0.2) is 51.6 Å². The predicted molar refractivity (Wildman–Crippen MR) is 129 cm³/mol. The minimum absolute atomic E-state index is 0.0619. The number of hydrogen-bond donors (Lipinski definition) is 1. The second kappa shape index (κ2) is 9.41. The van der Waals surface area contributed by atoms with Crippen LogP contribution in [0.1, 0.15) is 42.9 Å². The van der Waals surface area contributed by atoms with Gasteiger partial charge < -0.3 is 10.2 Å². The molecular formula is C26H35N5O. The van der Waals surface area contributed by atoms with Crippen molar-refractivity contribution in [2.75, 3.05) is 26.2 Å². The van der Waals surface area contributed by atoms with Crippen molar-refractivity contribution in [3.63, 3.8) is 0 Å². The van der Waals surface area contributed by atoms with Crippen LogP contribution in [0, 0.1) is 32.6 Å². The summed E-state index contributed by atoms with van der Waals surface area (Å²) in [5.41, 5.74) is 6.80. The molecule has 1 aromatic carbocycles. The number of rotatable bonds is 7. The van der Waals surface area contributed by atoms with E-state index in [1.54, 1.807) is 0 Å². The van der Waals surface area contributed by atoms with E-state index in [-0.39, 0.29) is 5.91 Å². The van der Waals surface area contributed by atoms with E-state index in [2.05, 4.69) is 36.2 Å². The average Bonchev–Trinajstić information content (AvgIpc) is 3.33. The fourth-order valence-corrected chi connectivity index (χ4v) is 4.91. The summed E-state index contributed by atoms with van der Waals surface area (Å²) in [7, 11) is 0. The summed E-state index contributed by atoms with van der Waals surface area (Å²) < 4.78 is 1.90. The van der Waals surface area contributed by atoms with Gasteiger partial charge in [-0.25, -0.2) is 9.50 Å². The van der Waals surface area contributed by atoms with Crippen molar-refractivity contribution in [3.8, 4) is 11.1 Å². The predicted octanol–water partition coefficient (Wildman–Crippen LogP) is 3.96. The molecule has 2 aromatic heterocycles. The van der Waals surface area contributed by atoms with Crippen molar-refractivity contribution < 1.29 is 4.79 Å². The van der Waals surface area contributed by atoms with Crippen LogP contribution in [-0.2, 0) is 11.2 Å². The van der Waals surface area contributed by atoms with Crippen LogP contribution in [0.3, 0.4) is 0 Å². The molecule has 4 rings (SSSR count). The van der Waals surface area contributed by atoms with Crippen molar-refractivity contribution in [2.45, 2.75) is 47.5 Å². The van der Waals surface area contributed by atoms with E-state index < -0.39 is 0 Å². The van der Waals surface area contributed by atoms with Crippen LogP contribution in [0.4, 0.5) is 0 Å². The second-order valence-corrected chi connectivity index (χ2v) is 9.61. The van der Waals surface area contributed by atoms with Gasteiger partial charge in [0, 0.05) is 42.1 Å². The van der Waals surface area contributed by atoms with Crippen LogP contribution in [0.15, 0.2) is 30.3 Å². The summed E-state index contributed by atoms with van der Waals surface area (Å²) in [5.74, 6) is 1.29. The highest BCUT2D eigenvalue weighted by molar-refractivity contribution is 5.82. The van der Waals surface area contributed by atoms with Crippen molar-refractivity contribution in [2.24, 2.45) is 11.8 Å². The normalized spacial score (nSPS) is 16.9. The van der Waals surface area contributed by atoms with Gasteiger partial charge in [-0.15, -0.1) is 0 Å². The smallest absolute Gasteiger partial charge is 0.224 e. The van der Waals surface area contributed by atoms with Gasteiger partial charge in [-0.2, -0.15) is 5.10 Å². The van der Waals surface area contributed by atoms with E-state index in [9.17, 15) is 4.79 Å². The first-order valence-electron chi connectivity index (χ1n) is 11.7. The van der Waals surface area contributed by atoms with Gasteiger partial charge in [-0.3, -0.25) is 4.79 Å². The van der Waals surface area contributed by atoms with Gasteiger partial charge in [0.2, 0.25) is 5.91 Å². The zero-order valence-electron chi connectivity index (χ0n) is 20.0. The largest absolute Gasteiger partial charge is 0.355 e. The first kappa shape index (κ1) is 22.5. The highest BCUT2D eigenvalue weighted by atomic mass is 16.1. The molecule has 1 N–H and O–H groups in total. The summed E-state index contributed by atoms with van der Waals surface area (Å²) in [4.78, 5) is 20.2. The highest BCUT2D eigenvalue weighted by Gasteiger charge is 2.24. The molecule has 32 heavy (non-hydrogen) atoms. The second-order valence-electron chi connectivity index (χ2n) is 9.61. The topological polar surface area (TPSA) is 62.5 Å². The first-order chi connectivity index (χ1) is 15.3. The Labute approximate surface area is 191 Å². The number of fused-ring (bicyclic) bond motifs is 1. The number of nitrogens with one attached hydrogen (secondary N) is 1. The number of benzene rings is 1. The van der Waals surface area contributed by atoms with Gasteiger partial charge in [-0.1, -0.05) is 44.2 Å². The van der Waals surface area contributed by atoms with Gasteiger partial charge in [0.1, 0.15) is 0 Å². The maximum Gasteiger partial charge on any atom is 0.224 e. The Morgan fingerprint density at radius 1 is 1.16 bits per heavy atom. The molecule has 1 aliphatic rings. The number of hydrogen-bond acceptors (Lipinski definition) is 4. The number of aryl methyl sites for hydroxylation is 3. The molecule has 0 aliphatic carbocycles. The minimum atomic E-state index is 0.0619. The fraction of sp³-hybridized carbons (Fsp3) is 0.500. The lowest BCUT2D eigenvalue weighted by Crippen LogP contribution is -2.33. The fourth-order valence-electron chi connectivity index (χ4n) is 4.91. The van der Waals surface area contributed by atoms with Crippen LogP contribution < -0.4 is 5.32 Å². The van der Waals surface area contributed by atoms with E-state index in [1.165, 1.54) is 0 Å². The Balaban J connectivity index is 1.47. The molecule has 1 aliphatic heterocycles. The molecule has 1 saturated heterocycles. The standard InChI is InChI=1S/C26H35N5O/c1-17(2)15-30-12-11-21(16-30)14-27-24(32)13-23-18(3)28-26-25(22-9-7-6-8-10-22)19(4)29-31(26)20(23)5/h6-10,17,21H,11-16H2,1-5H3,(H,27,32). The van der Waals surface area contributed by atoms with Crippen molar-refractivity contribution in [1.29, 1.82) is 0 Å². The Morgan fingerprint density at radius 3 is 2.62 bits per heavy atom. The lowest BCUT2D eigenvalue weighted by Gasteiger charge is -2.18. The Kier molecular flexibility index (Phi) is 6.60. The lowest BCUT2D eigenvalue weighted by molar-refractivity contribution is -0.120. The summed E-state index contributed by atoms with van der Waals surface area (Å²) >= 11 is 0. The Bertz CT molecular complexity index is 1100. The number of aromatic nitrogens is 3. The molecule has 3 heterocycles. The van der Waals surface area contributed by atoms with E-state index in [1.807, 2.05) is 43.5 Å². The van der Waals surface area contributed by atoms with E-state index in [4.69, 9.17) is 10.1 Å². The highest BCUT2D eigenvalue weighted by Crippen LogP contribution is 2.29. The Morgan fingerprint density at radius 2 is 1.91 bits per heavy atom. The lowest BCUT2D eigenvalue weighted by atomic mass is 10.0. The number of carbonyl (C=O) groups excluding carboxylic acids is 1. The summed E-state index contributed by atoms with van der Waals surface area (Å²) in [5, 5.41) is 7.92. The van der Waals surface area contributed by atoms with Crippen LogP contribution in [0.25, 0.3) is 16.8 Å². The van der Waals surface area contributed by atoms with Gasteiger partial charge in [0.05, 0.1) is 12.1 Å². The van der Waals surface area contributed by atoms with E-state index in [0.29, 0.717) is 18.3 Å². The number of carbonyl (C=O) groups is 1. The number of likely N-dealkylation sites (tertiary alicyclic amines) is 1. The first-order valence-corrected chi connectivity index (χ1v) is 11.7. The van der Waals surface area contributed by atoms with Gasteiger partial charge >= 0.3 is 0 Å². The molecule has 0 bridgehead atoms. The maximum atomic E-state index is 12.8. The molecule has 1 amide bonds. The number of amides is 1. The molecule has 1 unspecified atom stereocenters. The monoisotopic (exact) mass is 433 g/mol. The summed E-state index contributed by atoms with van der Waals surface area (Å²) in [6.45, 7) is 14.7. The molecular weight excluding hydrogens is 398 g/mol. The molecule has 1 atom stereocenters. The van der Waals surface area contributed by atoms with Crippen LogP contribution in [0.2, 0.25) is 0 Å². The molecule has 0 spiro atoms. The third-order valence-electron chi connectivity index (χ3n) is 6.48. The zero-order chi connectivity index (χ0) is 22.8. The molecule has 0 saturated carbocycles. The SMILES string of the molecule is Cc1nc2c(-c3ccccc3)c(C)nn2c(C)c1CC(=O)NCC1CCN(CC(C)C)C1. The third kappa shape index (κ3) is 4.70. The van der Waals surface area contributed by atoms with Crippen LogP contribution in [0.5, 0.6) is 0 Å². The molecule has 0 radical (unpaired) electrons. The van der Waals surface area contributed by atoms with E-state index >= 15 is 0 Å². The zero-order valence-corrected chi connectivity index (χ0v) is 20.0. The van der Waals surface area contributed by atoms with E-state index in [0.717, 1.165) is 72.0 Å². The summed E-state index contributed by atoms with van der Waals surface area (Å²) in [6.07, 6.45) is 1.50. The molecule has 6 heteroatoms. The summed E-state index contributed by atoms with van der Waals surface area (Å²) in [6, 6.07) is 10.2. The van der Waals surface area contributed by atoms with Gasteiger partial charge in [-0.05, 0) is 51.1 Å². The molecule has 1 fully saturated rings. The van der Waals surface area contributed by atoms with Crippen molar-refractivity contribution in [1.82, 2.24) is 24.8 Å².